The van der Waals surface area contributed by atoms with Gasteiger partial charge >= 0.3 is 0 Å². The van der Waals surface area contributed by atoms with E-state index in [1.807, 2.05) is 18.2 Å². The Bertz CT molecular complexity index is 467. The van der Waals surface area contributed by atoms with Gasteiger partial charge in [0, 0.05) is 6.20 Å². The Balaban J connectivity index is 2.93. The molecule has 0 aliphatic heterocycles. The predicted octanol–water partition coefficient (Wildman–Crippen LogP) is 1.86. The number of nitriles is 1. The minimum atomic E-state index is 0.253. The van der Waals surface area contributed by atoms with Crippen molar-refractivity contribution in [3.63, 3.8) is 0 Å². The molecule has 0 aromatic carbocycles. The van der Waals surface area contributed by atoms with Gasteiger partial charge in [-0.25, -0.2) is 4.52 Å². The SMILES string of the molecule is N#Cc1c(Cl)nn2ccccc12. The van der Waals surface area contributed by atoms with E-state index >= 15 is 0 Å². The molecule has 58 valence electrons. The van der Waals surface area contributed by atoms with Crippen LogP contribution >= 0.6 is 11.6 Å². The highest BCUT2D eigenvalue weighted by Gasteiger charge is 2.08. The van der Waals surface area contributed by atoms with E-state index in [1.165, 1.54) is 0 Å². The molecule has 0 fully saturated rings. The molecular formula is C8H4ClN3. The van der Waals surface area contributed by atoms with E-state index in [4.69, 9.17) is 16.9 Å². The van der Waals surface area contributed by atoms with Gasteiger partial charge in [-0.05, 0) is 12.1 Å². The maximum absolute atomic E-state index is 8.72. The summed E-state index contributed by atoms with van der Waals surface area (Å²) in [7, 11) is 0. The molecule has 2 heterocycles. The monoisotopic (exact) mass is 177 g/mol. The second kappa shape index (κ2) is 2.50. The molecule has 0 unspecified atom stereocenters. The smallest absolute Gasteiger partial charge is 0.169 e. The van der Waals surface area contributed by atoms with Crippen molar-refractivity contribution < 1.29 is 0 Å². The van der Waals surface area contributed by atoms with Gasteiger partial charge in [0.05, 0.1) is 5.52 Å². The Morgan fingerprint density at radius 1 is 1.50 bits per heavy atom. The summed E-state index contributed by atoms with van der Waals surface area (Å²) in [6.07, 6.45) is 1.75. The summed E-state index contributed by atoms with van der Waals surface area (Å²) in [6, 6.07) is 7.48. The lowest BCUT2D eigenvalue weighted by Gasteiger charge is -1.88. The standard InChI is InChI=1S/C8H4ClN3/c9-8-6(5-10)7-3-1-2-4-12(7)11-8/h1-4H. The van der Waals surface area contributed by atoms with Crippen molar-refractivity contribution in [1.29, 1.82) is 5.26 Å². The van der Waals surface area contributed by atoms with Crippen molar-refractivity contribution in [2.45, 2.75) is 0 Å². The molecular weight excluding hydrogens is 174 g/mol. The number of hydrogen-bond acceptors (Lipinski definition) is 2. The molecule has 0 aliphatic rings. The first-order valence-corrected chi connectivity index (χ1v) is 3.73. The van der Waals surface area contributed by atoms with Crippen molar-refractivity contribution in [3.8, 4) is 6.07 Å². The van der Waals surface area contributed by atoms with Crippen LogP contribution in [-0.2, 0) is 0 Å². The van der Waals surface area contributed by atoms with Gasteiger partial charge in [0.25, 0.3) is 0 Å². The molecule has 12 heavy (non-hydrogen) atoms. The van der Waals surface area contributed by atoms with E-state index in [0.29, 0.717) is 5.56 Å². The number of hydrogen-bond donors (Lipinski definition) is 0. The summed E-state index contributed by atoms with van der Waals surface area (Å²) < 4.78 is 1.58. The molecule has 2 aromatic heterocycles. The van der Waals surface area contributed by atoms with Crippen molar-refractivity contribution in [3.05, 3.63) is 35.1 Å². The summed E-state index contributed by atoms with van der Waals surface area (Å²) in [6.45, 7) is 0. The van der Waals surface area contributed by atoms with Crippen LogP contribution in [0.5, 0.6) is 0 Å². The third-order valence-corrected chi connectivity index (χ3v) is 1.87. The topological polar surface area (TPSA) is 41.1 Å². The van der Waals surface area contributed by atoms with Crippen LogP contribution in [0.4, 0.5) is 0 Å². The minimum Gasteiger partial charge on any atom is -0.238 e. The number of pyridine rings is 1. The molecule has 2 aromatic rings. The fourth-order valence-corrected chi connectivity index (χ4v) is 1.29. The average molecular weight is 178 g/mol. The lowest BCUT2D eigenvalue weighted by molar-refractivity contribution is 0.962. The van der Waals surface area contributed by atoms with E-state index in [2.05, 4.69) is 5.10 Å². The van der Waals surface area contributed by atoms with Crippen molar-refractivity contribution in [1.82, 2.24) is 9.61 Å². The zero-order valence-corrected chi connectivity index (χ0v) is 6.78. The molecule has 0 N–H and O–H groups in total. The summed E-state index contributed by atoms with van der Waals surface area (Å²) in [5, 5.41) is 12.9. The molecule has 0 amide bonds. The minimum absolute atomic E-state index is 0.253. The zero-order chi connectivity index (χ0) is 8.55. The summed E-state index contributed by atoms with van der Waals surface area (Å²) in [5.74, 6) is 0. The van der Waals surface area contributed by atoms with E-state index in [1.54, 1.807) is 16.8 Å². The van der Waals surface area contributed by atoms with Gasteiger partial charge in [0.15, 0.2) is 5.15 Å². The quantitative estimate of drug-likeness (QED) is 0.616. The molecule has 0 atom stereocenters. The highest BCUT2D eigenvalue weighted by molar-refractivity contribution is 6.31. The number of aromatic nitrogens is 2. The molecule has 0 radical (unpaired) electrons. The second-order valence-corrected chi connectivity index (χ2v) is 2.67. The van der Waals surface area contributed by atoms with Gasteiger partial charge in [0.2, 0.25) is 0 Å². The average Bonchev–Trinajstić information content (AvgIpc) is 2.40. The first-order chi connectivity index (χ1) is 5.83. The summed E-state index contributed by atoms with van der Waals surface area (Å²) in [4.78, 5) is 0. The van der Waals surface area contributed by atoms with Crippen LogP contribution in [0.3, 0.4) is 0 Å². The summed E-state index contributed by atoms with van der Waals surface area (Å²) in [5.41, 5.74) is 1.17. The maximum atomic E-state index is 8.72. The van der Waals surface area contributed by atoms with Crippen molar-refractivity contribution in [2.75, 3.05) is 0 Å². The Kier molecular flexibility index (Phi) is 1.49. The van der Waals surface area contributed by atoms with Gasteiger partial charge in [-0.3, -0.25) is 0 Å². The van der Waals surface area contributed by atoms with E-state index in [9.17, 15) is 0 Å². The molecule has 0 aliphatic carbocycles. The zero-order valence-electron chi connectivity index (χ0n) is 6.03. The highest BCUT2D eigenvalue weighted by Crippen LogP contribution is 2.18. The first kappa shape index (κ1) is 7.14. The second-order valence-electron chi connectivity index (χ2n) is 2.31. The van der Waals surface area contributed by atoms with Crippen LogP contribution in [-0.4, -0.2) is 9.61 Å². The molecule has 2 rings (SSSR count). The first-order valence-electron chi connectivity index (χ1n) is 3.36. The van der Waals surface area contributed by atoms with Crippen LogP contribution < -0.4 is 0 Å². The van der Waals surface area contributed by atoms with E-state index in [-0.39, 0.29) is 5.15 Å². The van der Waals surface area contributed by atoms with E-state index in [0.717, 1.165) is 5.52 Å². The number of nitrogens with zero attached hydrogens (tertiary/aromatic N) is 3. The number of rotatable bonds is 0. The molecule has 0 spiro atoms. The van der Waals surface area contributed by atoms with Crippen LogP contribution in [0.25, 0.3) is 5.52 Å². The third kappa shape index (κ3) is 0.858. The number of halogens is 1. The summed E-state index contributed by atoms with van der Waals surface area (Å²) >= 11 is 5.71. The van der Waals surface area contributed by atoms with Gasteiger partial charge in [0.1, 0.15) is 11.6 Å². The van der Waals surface area contributed by atoms with Crippen molar-refractivity contribution >= 4 is 17.1 Å². The van der Waals surface area contributed by atoms with Gasteiger partial charge < -0.3 is 0 Å². The Morgan fingerprint density at radius 2 is 2.33 bits per heavy atom. The van der Waals surface area contributed by atoms with Crippen LogP contribution in [0.15, 0.2) is 24.4 Å². The van der Waals surface area contributed by atoms with E-state index < -0.39 is 0 Å². The maximum Gasteiger partial charge on any atom is 0.169 e. The third-order valence-electron chi connectivity index (χ3n) is 1.61. The van der Waals surface area contributed by atoms with Crippen LogP contribution in [0, 0.1) is 11.3 Å². The molecule has 0 bridgehead atoms. The number of fused-ring (bicyclic) bond motifs is 1. The Morgan fingerprint density at radius 3 is 3.08 bits per heavy atom. The van der Waals surface area contributed by atoms with Gasteiger partial charge in [-0.1, -0.05) is 17.7 Å². The highest BCUT2D eigenvalue weighted by atomic mass is 35.5. The van der Waals surface area contributed by atoms with Crippen molar-refractivity contribution in [2.24, 2.45) is 0 Å². The Hall–Kier alpha value is -1.53. The lowest BCUT2D eigenvalue weighted by atomic mass is 10.3. The molecule has 0 saturated carbocycles. The van der Waals surface area contributed by atoms with Gasteiger partial charge in [-0.15, -0.1) is 0 Å². The molecule has 3 nitrogen and oxygen atoms in total. The molecule has 4 heteroatoms. The Labute approximate surface area is 73.8 Å². The fourth-order valence-electron chi connectivity index (χ4n) is 1.07. The molecule has 0 saturated heterocycles. The van der Waals surface area contributed by atoms with Crippen LogP contribution in [0.1, 0.15) is 5.56 Å². The van der Waals surface area contributed by atoms with Gasteiger partial charge in [-0.2, -0.15) is 10.4 Å². The largest absolute Gasteiger partial charge is 0.238 e. The van der Waals surface area contributed by atoms with Crippen LogP contribution in [0.2, 0.25) is 5.15 Å². The predicted molar refractivity (Wildman–Crippen MR) is 44.9 cm³/mol. The normalized spacial score (nSPS) is 10.0. The lowest BCUT2D eigenvalue weighted by Crippen LogP contribution is -1.83. The fraction of sp³-hybridized carbons (Fsp3) is 0.